The van der Waals surface area contributed by atoms with Gasteiger partial charge in [0.2, 0.25) is 0 Å². The summed E-state index contributed by atoms with van der Waals surface area (Å²) in [6.07, 6.45) is 0.943. The SMILES string of the molecule is CC[C@@H](C)C1(F)CNC1. The van der Waals surface area contributed by atoms with Gasteiger partial charge in [0.1, 0.15) is 5.67 Å². The normalized spacial score (nSPS) is 27.0. The van der Waals surface area contributed by atoms with E-state index in [1.807, 2.05) is 13.8 Å². The van der Waals surface area contributed by atoms with Crippen molar-refractivity contribution in [2.75, 3.05) is 13.1 Å². The highest BCUT2D eigenvalue weighted by atomic mass is 19.1. The van der Waals surface area contributed by atoms with Gasteiger partial charge in [-0.25, -0.2) is 4.39 Å². The number of rotatable bonds is 2. The average molecular weight is 131 g/mol. The van der Waals surface area contributed by atoms with Crippen LogP contribution in [0.25, 0.3) is 0 Å². The van der Waals surface area contributed by atoms with E-state index < -0.39 is 5.67 Å². The Kier molecular flexibility index (Phi) is 1.75. The van der Waals surface area contributed by atoms with Crippen molar-refractivity contribution in [1.29, 1.82) is 0 Å². The third kappa shape index (κ3) is 1.08. The Balaban J connectivity index is 2.38. The van der Waals surface area contributed by atoms with Gasteiger partial charge in [-0.15, -0.1) is 0 Å². The number of hydrogen-bond donors (Lipinski definition) is 1. The minimum Gasteiger partial charge on any atom is -0.310 e. The maximum atomic E-state index is 13.2. The van der Waals surface area contributed by atoms with Crippen LogP contribution in [-0.4, -0.2) is 18.8 Å². The minimum absolute atomic E-state index is 0.221. The van der Waals surface area contributed by atoms with Crippen LogP contribution in [0.3, 0.4) is 0 Å². The Hall–Kier alpha value is -0.110. The van der Waals surface area contributed by atoms with E-state index in [0.29, 0.717) is 13.1 Å². The molecule has 54 valence electrons. The monoisotopic (exact) mass is 131 g/mol. The molecule has 1 saturated heterocycles. The summed E-state index contributed by atoms with van der Waals surface area (Å²) in [4.78, 5) is 0. The molecule has 9 heavy (non-hydrogen) atoms. The first-order valence-electron chi connectivity index (χ1n) is 3.58. The summed E-state index contributed by atoms with van der Waals surface area (Å²) in [6.45, 7) is 5.12. The van der Waals surface area contributed by atoms with Crippen LogP contribution in [0.5, 0.6) is 0 Å². The van der Waals surface area contributed by atoms with Crippen LogP contribution in [0, 0.1) is 5.92 Å². The fourth-order valence-electron chi connectivity index (χ4n) is 1.08. The van der Waals surface area contributed by atoms with Gasteiger partial charge in [-0.05, 0) is 5.92 Å². The van der Waals surface area contributed by atoms with Crippen LogP contribution >= 0.6 is 0 Å². The predicted molar refractivity (Wildman–Crippen MR) is 36.2 cm³/mol. The summed E-state index contributed by atoms with van der Waals surface area (Å²) in [5.41, 5.74) is -0.880. The van der Waals surface area contributed by atoms with Crippen molar-refractivity contribution in [2.24, 2.45) is 5.92 Å². The van der Waals surface area contributed by atoms with Gasteiger partial charge >= 0.3 is 0 Å². The van der Waals surface area contributed by atoms with Crippen molar-refractivity contribution in [2.45, 2.75) is 25.9 Å². The third-order valence-electron chi connectivity index (χ3n) is 2.33. The second kappa shape index (κ2) is 2.25. The standard InChI is InChI=1S/C7H14FN/c1-3-6(2)7(8)4-9-5-7/h6,9H,3-5H2,1-2H3/t6-/m1/s1. The molecule has 1 aliphatic rings. The van der Waals surface area contributed by atoms with Crippen LogP contribution in [0.15, 0.2) is 0 Å². The molecule has 0 spiro atoms. The molecule has 1 atom stereocenters. The molecule has 0 amide bonds. The lowest BCUT2D eigenvalue weighted by Gasteiger charge is -2.39. The average Bonchev–Trinajstić information content (AvgIpc) is 1.81. The van der Waals surface area contributed by atoms with E-state index in [0.717, 1.165) is 6.42 Å². The van der Waals surface area contributed by atoms with Crippen molar-refractivity contribution in [3.8, 4) is 0 Å². The Labute approximate surface area is 55.6 Å². The molecule has 0 saturated carbocycles. The van der Waals surface area contributed by atoms with Crippen LogP contribution in [0.2, 0.25) is 0 Å². The van der Waals surface area contributed by atoms with Gasteiger partial charge in [0, 0.05) is 13.1 Å². The second-order valence-electron chi connectivity index (χ2n) is 2.95. The molecule has 1 nitrogen and oxygen atoms in total. The maximum absolute atomic E-state index is 13.2. The smallest absolute Gasteiger partial charge is 0.138 e. The number of hydrogen-bond acceptors (Lipinski definition) is 1. The van der Waals surface area contributed by atoms with Crippen molar-refractivity contribution >= 4 is 0 Å². The van der Waals surface area contributed by atoms with E-state index in [4.69, 9.17) is 0 Å². The van der Waals surface area contributed by atoms with Crippen molar-refractivity contribution < 1.29 is 4.39 Å². The Morgan fingerprint density at radius 2 is 2.22 bits per heavy atom. The highest BCUT2D eigenvalue weighted by molar-refractivity contribution is 4.96. The van der Waals surface area contributed by atoms with Crippen LogP contribution < -0.4 is 5.32 Å². The molecular formula is C7H14FN. The summed E-state index contributed by atoms with van der Waals surface area (Å²) in [5.74, 6) is 0.221. The van der Waals surface area contributed by atoms with Gasteiger partial charge in [-0.2, -0.15) is 0 Å². The van der Waals surface area contributed by atoms with Crippen LogP contribution in [0.4, 0.5) is 4.39 Å². The molecule has 1 aliphatic heterocycles. The summed E-state index contributed by atoms with van der Waals surface area (Å²) < 4.78 is 13.2. The van der Waals surface area contributed by atoms with Gasteiger partial charge in [0.25, 0.3) is 0 Å². The van der Waals surface area contributed by atoms with Gasteiger partial charge < -0.3 is 5.32 Å². The molecule has 2 heteroatoms. The highest BCUT2D eigenvalue weighted by Crippen LogP contribution is 2.28. The Morgan fingerprint density at radius 3 is 2.33 bits per heavy atom. The zero-order valence-corrected chi connectivity index (χ0v) is 6.08. The zero-order chi connectivity index (χ0) is 6.91. The molecule has 1 heterocycles. The fraction of sp³-hybridized carbons (Fsp3) is 1.00. The van der Waals surface area contributed by atoms with Gasteiger partial charge in [-0.3, -0.25) is 0 Å². The van der Waals surface area contributed by atoms with E-state index in [2.05, 4.69) is 5.32 Å². The maximum Gasteiger partial charge on any atom is 0.138 e. The quantitative estimate of drug-likeness (QED) is 0.596. The van der Waals surface area contributed by atoms with Crippen molar-refractivity contribution in [1.82, 2.24) is 5.32 Å². The molecule has 0 aromatic carbocycles. The van der Waals surface area contributed by atoms with E-state index in [1.54, 1.807) is 0 Å². The number of alkyl halides is 1. The van der Waals surface area contributed by atoms with Gasteiger partial charge in [-0.1, -0.05) is 20.3 Å². The summed E-state index contributed by atoms with van der Waals surface area (Å²) >= 11 is 0. The third-order valence-corrected chi connectivity index (χ3v) is 2.33. The molecule has 1 rings (SSSR count). The molecule has 0 unspecified atom stereocenters. The summed E-state index contributed by atoms with van der Waals surface area (Å²) in [5, 5.41) is 2.94. The topological polar surface area (TPSA) is 12.0 Å². The van der Waals surface area contributed by atoms with E-state index in [9.17, 15) is 4.39 Å². The molecule has 0 aromatic rings. The lowest BCUT2D eigenvalue weighted by Crippen LogP contribution is -2.59. The summed E-state index contributed by atoms with van der Waals surface area (Å²) in [7, 11) is 0. The zero-order valence-electron chi connectivity index (χ0n) is 6.08. The van der Waals surface area contributed by atoms with Crippen molar-refractivity contribution in [3.63, 3.8) is 0 Å². The first-order valence-corrected chi connectivity index (χ1v) is 3.58. The Morgan fingerprint density at radius 1 is 1.67 bits per heavy atom. The van der Waals surface area contributed by atoms with E-state index in [1.165, 1.54) is 0 Å². The molecule has 1 fully saturated rings. The number of nitrogens with one attached hydrogen (secondary N) is 1. The molecule has 0 aromatic heterocycles. The Bertz CT molecular complexity index is 99.1. The molecule has 1 N–H and O–H groups in total. The van der Waals surface area contributed by atoms with Gasteiger partial charge in [0.15, 0.2) is 0 Å². The fourth-order valence-corrected chi connectivity index (χ4v) is 1.08. The van der Waals surface area contributed by atoms with Crippen molar-refractivity contribution in [3.05, 3.63) is 0 Å². The second-order valence-corrected chi connectivity index (χ2v) is 2.95. The first kappa shape index (κ1) is 7.00. The predicted octanol–water partition coefficient (Wildman–Crippen LogP) is 1.34. The summed E-state index contributed by atoms with van der Waals surface area (Å²) in [6, 6.07) is 0. The largest absolute Gasteiger partial charge is 0.310 e. The van der Waals surface area contributed by atoms with Crippen LogP contribution in [0.1, 0.15) is 20.3 Å². The molecule has 0 radical (unpaired) electrons. The molecule has 0 aliphatic carbocycles. The molecular weight excluding hydrogens is 117 g/mol. The number of halogens is 1. The highest BCUT2D eigenvalue weighted by Gasteiger charge is 2.41. The van der Waals surface area contributed by atoms with E-state index in [-0.39, 0.29) is 5.92 Å². The lowest BCUT2D eigenvalue weighted by atomic mass is 9.84. The van der Waals surface area contributed by atoms with E-state index >= 15 is 0 Å². The lowest BCUT2D eigenvalue weighted by molar-refractivity contribution is 0.0301. The first-order chi connectivity index (χ1) is 4.19. The minimum atomic E-state index is -0.880. The van der Waals surface area contributed by atoms with Crippen LogP contribution in [-0.2, 0) is 0 Å². The van der Waals surface area contributed by atoms with Gasteiger partial charge in [0.05, 0.1) is 0 Å². The molecule has 0 bridgehead atoms.